The van der Waals surface area contributed by atoms with Crippen LogP contribution in [0.15, 0.2) is 18.2 Å². The number of hydrogen-bond donors (Lipinski definition) is 1. The van der Waals surface area contributed by atoms with E-state index in [0.29, 0.717) is 16.5 Å². The summed E-state index contributed by atoms with van der Waals surface area (Å²) in [6.45, 7) is 17.4. The third-order valence-corrected chi connectivity index (χ3v) is 9.19. The van der Waals surface area contributed by atoms with E-state index in [1.54, 1.807) is 25.1 Å². The molecule has 0 radical (unpaired) electrons. The quantitative estimate of drug-likeness (QED) is 0.543. The fourth-order valence-corrected chi connectivity index (χ4v) is 7.14. The second kappa shape index (κ2) is 7.48. The molecular formula is C26H33ClN2O3. The summed E-state index contributed by atoms with van der Waals surface area (Å²) in [4.78, 5) is 29.1. The van der Waals surface area contributed by atoms with E-state index >= 15 is 0 Å². The number of Topliss-reactive ketones (excluding diaryl/α,β-unsaturated/α-hetero) is 1. The van der Waals surface area contributed by atoms with Crippen LogP contribution in [0.5, 0.6) is 5.75 Å². The van der Waals surface area contributed by atoms with Crippen molar-refractivity contribution in [3.05, 3.63) is 34.6 Å². The number of hydrogen-bond acceptors (Lipinski definition) is 3. The van der Waals surface area contributed by atoms with E-state index in [2.05, 4.69) is 37.9 Å². The number of nitrogens with zero attached hydrogens (tertiary/aromatic N) is 1. The molecule has 4 fully saturated rings. The van der Waals surface area contributed by atoms with Crippen molar-refractivity contribution in [3.63, 3.8) is 0 Å². The molecule has 1 aromatic carbocycles. The number of rotatable bonds is 5. The first kappa shape index (κ1) is 23.1. The molecule has 0 spiro atoms. The number of fused-ring (bicyclic) bond motifs is 3. The van der Waals surface area contributed by atoms with E-state index in [-0.39, 0.29) is 45.5 Å². The standard InChI is InChI=1S/C26H33ClN2O3/c1-16(30)25-9-12-26(13-10-25,14-11-25)22(31)29-20-23(2,3)21(24(20,4)5)32-17-7-8-19(28-6)18(27)15-17/h7-8,15,20-21H,9-14H2,1-5H3,(H,29,31). The molecule has 1 N–H and O–H groups in total. The van der Waals surface area contributed by atoms with Crippen molar-refractivity contribution in [3.8, 4) is 5.75 Å². The Bertz CT molecular complexity index is 966. The number of ketones is 1. The van der Waals surface area contributed by atoms with E-state index in [9.17, 15) is 9.59 Å². The number of carbonyl (C=O) groups excluding carboxylic acids is 2. The van der Waals surface area contributed by atoms with Crippen LogP contribution in [0, 0.1) is 28.2 Å². The van der Waals surface area contributed by atoms with Gasteiger partial charge in [0.1, 0.15) is 17.6 Å². The molecule has 0 unspecified atom stereocenters. The van der Waals surface area contributed by atoms with Gasteiger partial charge in [-0.1, -0.05) is 45.4 Å². The molecule has 0 aromatic heterocycles. The molecule has 4 aliphatic carbocycles. The number of benzene rings is 1. The summed E-state index contributed by atoms with van der Waals surface area (Å²) >= 11 is 6.19. The van der Waals surface area contributed by atoms with Gasteiger partial charge in [-0.05, 0) is 57.6 Å². The summed E-state index contributed by atoms with van der Waals surface area (Å²) in [6, 6.07) is 5.12. The zero-order valence-electron chi connectivity index (χ0n) is 19.7. The summed E-state index contributed by atoms with van der Waals surface area (Å²) in [6.07, 6.45) is 4.80. The molecule has 0 saturated heterocycles. The van der Waals surface area contributed by atoms with Gasteiger partial charge in [0, 0.05) is 27.7 Å². The first-order chi connectivity index (χ1) is 14.9. The molecule has 0 atom stereocenters. The van der Waals surface area contributed by atoms with Crippen LogP contribution < -0.4 is 10.1 Å². The lowest BCUT2D eigenvalue weighted by atomic mass is 9.48. The van der Waals surface area contributed by atoms with Crippen LogP contribution in [-0.4, -0.2) is 23.8 Å². The summed E-state index contributed by atoms with van der Waals surface area (Å²) in [7, 11) is 0. The predicted octanol–water partition coefficient (Wildman–Crippen LogP) is 6.12. The lowest BCUT2D eigenvalue weighted by Gasteiger charge is -2.63. The number of amides is 1. The third-order valence-electron chi connectivity index (χ3n) is 8.88. The highest BCUT2D eigenvalue weighted by Gasteiger charge is 2.65. The highest BCUT2D eigenvalue weighted by molar-refractivity contribution is 6.33. The van der Waals surface area contributed by atoms with Crippen molar-refractivity contribution in [1.29, 1.82) is 0 Å². The van der Waals surface area contributed by atoms with Gasteiger partial charge in [-0.2, -0.15) is 0 Å². The highest BCUT2D eigenvalue weighted by Crippen LogP contribution is 2.59. The monoisotopic (exact) mass is 456 g/mol. The molecule has 5 nitrogen and oxygen atoms in total. The van der Waals surface area contributed by atoms with E-state index in [0.717, 1.165) is 38.5 Å². The fraction of sp³-hybridized carbons (Fsp3) is 0.654. The average molecular weight is 457 g/mol. The smallest absolute Gasteiger partial charge is 0.226 e. The second-order valence-electron chi connectivity index (χ2n) is 11.4. The van der Waals surface area contributed by atoms with Crippen LogP contribution in [0.2, 0.25) is 5.02 Å². The zero-order valence-corrected chi connectivity index (χ0v) is 20.4. The molecule has 1 amide bonds. The Hall–Kier alpha value is -2.06. The molecule has 172 valence electrons. The Morgan fingerprint density at radius 1 is 1.03 bits per heavy atom. The van der Waals surface area contributed by atoms with Crippen molar-refractivity contribution >= 4 is 29.0 Å². The summed E-state index contributed by atoms with van der Waals surface area (Å²) in [5.41, 5.74) is -0.650. The van der Waals surface area contributed by atoms with Crippen molar-refractivity contribution in [2.45, 2.75) is 85.3 Å². The van der Waals surface area contributed by atoms with Gasteiger partial charge in [0.15, 0.2) is 0 Å². The Balaban J connectivity index is 1.46. The minimum atomic E-state index is -0.335. The lowest BCUT2D eigenvalue weighted by Crippen LogP contribution is -2.75. The van der Waals surface area contributed by atoms with Crippen molar-refractivity contribution in [1.82, 2.24) is 5.32 Å². The molecule has 0 heterocycles. The number of ether oxygens (including phenoxy) is 1. The SMILES string of the molecule is [C-]#[N+]c1ccc(OC2C(C)(C)C(NC(=O)C34CCC(C(C)=O)(CC3)CC4)C2(C)C)cc1Cl. The van der Waals surface area contributed by atoms with Crippen LogP contribution in [0.4, 0.5) is 5.69 Å². The van der Waals surface area contributed by atoms with Gasteiger partial charge >= 0.3 is 0 Å². The van der Waals surface area contributed by atoms with Crippen LogP contribution >= 0.6 is 11.6 Å². The maximum atomic E-state index is 13.5. The van der Waals surface area contributed by atoms with E-state index in [1.807, 2.05) is 0 Å². The molecule has 2 bridgehead atoms. The number of carbonyl (C=O) groups is 2. The van der Waals surface area contributed by atoms with Gasteiger partial charge in [-0.15, -0.1) is 0 Å². The molecule has 4 saturated carbocycles. The average Bonchev–Trinajstić information content (AvgIpc) is 2.76. The summed E-state index contributed by atoms with van der Waals surface area (Å²) < 4.78 is 6.34. The van der Waals surface area contributed by atoms with Crippen LogP contribution in [0.1, 0.15) is 73.1 Å². The van der Waals surface area contributed by atoms with Gasteiger partial charge in [-0.25, -0.2) is 4.85 Å². The zero-order chi connectivity index (χ0) is 23.5. The molecule has 0 aliphatic heterocycles. The Morgan fingerprint density at radius 2 is 1.56 bits per heavy atom. The number of halogens is 1. The van der Waals surface area contributed by atoms with Crippen molar-refractivity contribution in [2.24, 2.45) is 21.7 Å². The minimum absolute atomic E-state index is 0.0266. The molecule has 1 aromatic rings. The van der Waals surface area contributed by atoms with Crippen molar-refractivity contribution < 1.29 is 14.3 Å². The molecule has 5 rings (SSSR count). The minimum Gasteiger partial charge on any atom is -0.489 e. The largest absolute Gasteiger partial charge is 0.489 e. The highest BCUT2D eigenvalue weighted by atomic mass is 35.5. The molecule has 32 heavy (non-hydrogen) atoms. The van der Waals surface area contributed by atoms with E-state index < -0.39 is 0 Å². The Labute approximate surface area is 196 Å². The normalized spacial score (nSPS) is 34.2. The fourth-order valence-electron chi connectivity index (χ4n) is 6.93. The molecule has 4 aliphatic rings. The van der Waals surface area contributed by atoms with Gasteiger partial charge < -0.3 is 10.1 Å². The second-order valence-corrected chi connectivity index (χ2v) is 11.8. The first-order valence-corrected chi connectivity index (χ1v) is 11.9. The van der Waals surface area contributed by atoms with Gasteiger partial charge in [0.2, 0.25) is 11.6 Å². The maximum Gasteiger partial charge on any atom is 0.226 e. The predicted molar refractivity (Wildman–Crippen MR) is 125 cm³/mol. The van der Waals surface area contributed by atoms with E-state index in [1.165, 1.54) is 0 Å². The molecular weight excluding hydrogens is 424 g/mol. The Kier molecular flexibility index (Phi) is 5.41. The van der Waals surface area contributed by atoms with Crippen LogP contribution in [0.25, 0.3) is 4.85 Å². The summed E-state index contributed by atoms with van der Waals surface area (Å²) in [5.74, 6) is 1.07. The number of nitrogens with one attached hydrogen (secondary N) is 1. The first-order valence-electron chi connectivity index (χ1n) is 11.5. The van der Waals surface area contributed by atoms with Crippen molar-refractivity contribution in [2.75, 3.05) is 0 Å². The lowest BCUT2D eigenvalue weighted by molar-refractivity contribution is -0.180. The third kappa shape index (κ3) is 3.34. The van der Waals surface area contributed by atoms with E-state index in [4.69, 9.17) is 22.9 Å². The molecule has 6 heteroatoms. The topological polar surface area (TPSA) is 59.8 Å². The van der Waals surface area contributed by atoms with Gasteiger partial charge in [0.25, 0.3) is 0 Å². The van der Waals surface area contributed by atoms with Gasteiger partial charge in [0.05, 0.1) is 11.6 Å². The van der Waals surface area contributed by atoms with Crippen LogP contribution in [-0.2, 0) is 9.59 Å². The summed E-state index contributed by atoms with van der Waals surface area (Å²) in [5, 5.41) is 3.78. The Morgan fingerprint density at radius 3 is 2.03 bits per heavy atom. The van der Waals surface area contributed by atoms with Crippen LogP contribution in [0.3, 0.4) is 0 Å². The maximum absolute atomic E-state index is 13.5. The van der Waals surface area contributed by atoms with Gasteiger partial charge in [-0.3, -0.25) is 9.59 Å².